The Bertz CT molecular complexity index is 321. The van der Waals surface area contributed by atoms with Crippen LogP contribution < -0.4 is 5.32 Å². The molecule has 5 heteroatoms. The average Bonchev–Trinajstić information content (AvgIpc) is 2.74. The summed E-state index contributed by atoms with van der Waals surface area (Å²) in [5, 5.41) is 3.33. The molecule has 88 valence electrons. The van der Waals surface area contributed by atoms with Gasteiger partial charge in [0.05, 0.1) is 0 Å². The van der Waals surface area contributed by atoms with Gasteiger partial charge in [-0.15, -0.1) is 0 Å². The van der Waals surface area contributed by atoms with E-state index in [1.165, 1.54) is 25.9 Å². The monoisotopic (exact) mass is 332 g/mol. The Hall–Kier alpha value is -0.430. The molecule has 1 aliphatic rings. The Labute approximate surface area is 110 Å². The number of hydrogen-bond acceptors (Lipinski definition) is 4. The van der Waals surface area contributed by atoms with Gasteiger partial charge in [-0.1, -0.05) is 0 Å². The van der Waals surface area contributed by atoms with Crippen LogP contribution in [0, 0.1) is 3.57 Å². The smallest absolute Gasteiger partial charge is 0.222 e. The highest BCUT2D eigenvalue weighted by Gasteiger charge is 2.14. The molecule has 16 heavy (non-hydrogen) atoms. The third kappa shape index (κ3) is 3.55. The summed E-state index contributed by atoms with van der Waals surface area (Å²) in [7, 11) is 0. The van der Waals surface area contributed by atoms with Gasteiger partial charge in [0.2, 0.25) is 5.95 Å². The van der Waals surface area contributed by atoms with Gasteiger partial charge >= 0.3 is 0 Å². The lowest BCUT2D eigenvalue weighted by Gasteiger charge is -2.20. The molecule has 0 aromatic carbocycles. The lowest BCUT2D eigenvalue weighted by molar-refractivity contribution is 0.327. The van der Waals surface area contributed by atoms with Gasteiger partial charge in [-0.25, -0.2) is 9.97 Å². The molecule has 1 unspecified atom stereocenters. The first-order valence-electron chi connectivity index (χ1n) is 5.70. The van der Waals surface area contributed by atoms with E-state index in [0.29, 0.717) is 6.04 Å². The molecule has 2 rings (SSSR count). The number of nitrogens with zero attached hydrogens (tertiary/aromatic N) is 3. The maximum atomic E-state index is 4.24. The molecule has 0 spiro atoms. The van der Waals surface area contributed by atoms with E-state index < -0.39 is 0 Å². The van der Waals surface area contributed by atoms with Gasteiger partial charge in [-0.05, 0) is 55.4 Å². The zero-order chi connectivity index (χ0) is 11.4. The van der Waals surface area contributed by atoms with Crippen molar-refractivity contribution in [1.29, 1.82) is 0 Å². The number of aromatic nitrogens is 2. The molecule has 1 aromatic rings. The summed E-state index contributed by atoms with van der Waals surface area (Å²) >= 11 is 2.21. The van der Waals surface area contributed by atoms with Gasteiger partial charge in [0.1, 0.15) is 0 Å². The number of anilines is 1. The second kappa shape index (κ2) is 5.77. The van der Waals surface area contributed by atoms with Gasteiger partial charge in [0.25, 0.3) is 0 Å². The molecule has 0 aliphatic carbocycles. The summed E-state index contributed by atoms with van der Waals surface area (Å²) in [6, 6.07) is 0.401. The Morgan fingerprint density at radius 3 is 2.62 bits per heavy atom. The van der Waals surface area contributed by atoms with Crippen LogP contribution in [-0.2, 0) is 0 Å². The van der Waals surface area contributed by atoms with E-state index in [0.717, 1.165) is 16.1 Å². The molecule has 1 saturated heterocycles. The second-order valence-corrected chi connectivity index (χ2v) is 5.52. The van der Waals surface area contributed by atoms with Crippen molar-refractivity contribution in [3.8, 4) is 0 Å². The summed E-state index contributed by atoms with van der Waals surface area (Å²) in [6.07, 6.45) is 6.34. The topological polar surface area (TPSA) is 41.0 Å². The fourth-order valence-corrected chi connectivity index (χ4v) is 2.28. The van der Waals surface area contributed by atoms with Crippen LogP contribution in [0.4, 0.5) is 5.95 Å². The van der Waals surface area contributed by atoms with E-state index in [1.54, 1.807) is 0 Å². The third-order valence-corrected chi connectivity index (χ3v) is 3.28. The highest BCUT2D eigenvalue weighted by Crippen LogP contribution is 2.09. The zero-order valence-electron chi connectivity index (χ0n) is 9.49. The first-order valence-corrected chi connectivity index (χ1v) is 6.78. The van der Waals surface area contributed by atoms with Crippen LogP contribution in [0.1, 0.15) is 19.8 Å². The molecule has 1 aliphatic heterocycles. The van der Waals surface area contributed by atoms with Crippen molar-refractivity contribution in [2.24, 2.45) is 0 Å². The highest BCUT2D eigenvalue weighted by atomic mass is 127. The van der Waals surface area contributed by atoms with Gasteiger partial charge in [-0.3, -0.25) is 0 Å². The number of rotatable bonds is 4. The van der Waals surface area contributed by atoms with Gasteiger partial charge in [0, 0.05) is 28.6 Å². The molecular weight excluding hydrogens is 315 g/mol. The van der Waals surface area contributed by atoms with Crippen LogP contribution in [0.5, 0.6) is 0 Å². The van der Waals surface area contributed by atoms with Crippen LogP contribution >= 0.6 is 22.6 Å². The number of likely N-dealkylation sites (tertiary alicyclic amines) is 1. The fourth-order valence-electron chi connectivity index (χ4n) is 2.01. The minimum absolute atomic E-state index is 0.401. The van der Waals surface area contributed by atoms with E-state index in [2.05, 4.69) is 49.7 Å². The zero-order valence-corrected chi connectivity index (χ0v) is 11.6. The standard InChI is InChI=1S/C11H17IN4/c1-9(8-16-4-2-3-5-16)15-11-13-6-10(12)7-14-11/h6-7,9H,2-5,8H2,1H3,(H,13,14,15). The Morgan fingerprint density at radius 2 is 2.00 bits per heavy atom. The molecule has 1 atom stereocenters. The molecule has 0 saturated carbocycles. The molecule has 0 bridgehead atoms. The Balaban J connectivity index is 1.81. The van der Waals surface area contributed by atoms with Crippen LogP contribution in [0.3, 0.4) is 0 Å². The molecule has 1 fully saturated rings. The van der Waals surface area contributed by atoms with Crippen LogP contribution in [0.15, 0.2) is 12.4 Å². The maximum absolute atomic E-state index is 4.24. The van der Waals surface area contributed by atoms with Crippen LogP contribution in [0.2, 0.25) is 0 Å². The van der Waals surface area contributed by atoms with Crippen molar-refractivity contribution < 1.29 is 0 Å². The molecule has 1 N–H and O–H groups in total. The van der Waals surface area contributed by atoms with E-state index in [4.69, 9.17) is 0 Å². The van der Waals surface area contributed by atoms with Gasteiger partial charge < -0.3 is 10.2 Å². The van der Waals surface area contributed by atoms with Crippen LogP contribution in [0.25, 0.3) is 0 Å². The number of nitrogens with one attached hydrogen (secondary N) is 1. The molecular formula is C11H17IN4. The first kappa shape index (κ1) is 12.0. The van der Waals surface area contributed by atoms with Crippen molar-refractivity contribution in [3.05, 3.63) is 16.0 Å². The summed E-state index contributed by atoms with van der Waals surface area (Å²) in [6.45, 7) is 5.73. The van der Waals surface area contributed by atoms with Gasteiger partial charge in [-0.2, -0.15) is 0 Å². The normalized spacial score (nSPS) is 18.6. The first-order chi connectivity index (χ1) is 7.74. The second-order valence-electron chi connectivity index (χ2n) is 4.28. The summed E-state index contributed by atoms with van der Waals surface area (Å²) in [4.78, 5) is 11.0. The maximum Gasteiger partial charge on any atom is 0.222 e. The number of halogens is 1. The van der Waals surface area contributed by atoms with Crippen molar-refractivity contribution in [2.75, 3.05) is 25.0 Å². The predicted octanol–water partition coefficient (Wildman–Crippen LogP) is 1.98. The molecule has 0 radical (unpaired) electrons. The number of hydrogen-bond donors (Lipinski definition) is 1. The lowest BCUT2D eigenvalue weighted by Crippen LogP contribution is -2.33. The molecule has 1 aromatic heterocycles. The van der Waals surface area contributed by atoms with E-state index in [1.807, 2.05) is 12.4 Å². The van der Waals surface area contributed by atoms with E-state index in [-0.39, 0.29) is 0 Å². The fraction of sp³-hybridized carbons (Fsp3) is 0.636. The van der Waals surface area contributed by atoms with Crippen LogP contribution in [-0.4, -0.2) is 40.5 Å². The quantitative estimate of drug-likeness (QED) is 0.856. The largest absolute Gasteiger partial charge is 0.350 e. The van der Waals surface area contributed by atoms with Gasteiger partial charge in [0.15, 0.2) is 0 Å². The van der Waals surface area contributed by atoms with E-state index >= 15 is 0 Å². The summed E-state index contributed by atoms with van der Waals surface area (Å²) in [5.41, 5.74) is 0. The average molecular weight is 332 g/mol. The van der Waals surface area contributed by atoms with Crippen molar-refractivity contribution in [2.45, 2.75) is 25.8 Å². The predicted molar refractivity (Wildman–Crippen MR) is 73.5 cm³/mol. The Kier molecular flexibility index (Phi) is 4.34. The summed E-state index contributed by atoms with van der Waals surface area (Å²) < 4.78 is 1.07. The molecule has 4 nitrogen and oxygen atoms in total. The highest BCUT2D eigenvalue weighted by molar-refractivity contribution is 14.1. The lowest BCUT2D eigenvalue weighted by atomic mass is 10.3. The third-order valence-electron chi connectivity index (χ3n) is 2.73. The van der Waals surface area contributed by atoms with E-state index in [9.17, 15) is 0 Å². The van der Waals surface area contributed by atoms with Crippen molar-refractivity contribution >= 4 is 28.5 Å². The Morgan fingerprint density at radius 1 is 1.38 bits per heavy atom. The molecule has 0 amide bonds. The minimum Gasteiger partial charge on any atom is -0.350 e. The molecule has 2 heterocycles. The van der Waals surface area contributed by atoms with Crippen molar-refractivity contribution in [3.63, 3.8) is 0 Å². The minimum atomic E-state index is 0.401. The SMILES string of the molecule is CC(CN1CCCC1)Nc1ncc(I)cn1. The van der Waals surface area contributed by atoms with Crippen molar-refractivity contribution in [1.82, 2.24) is 14.9 Å². The summed E-state index contributed by atoms with van der Waals surface area (Å²) in [5.74, 6) is 0.729.